The highest BCUT2D eigenvalue weighted by Gasteiger charge is 2.44. The van der Waals surface area contributed by atoms with Crippen molar-refractivity contribution >= 4 is 5.91 Å². The van der Waals surface area contributed by atoms with Gasteiger partial charge in [-0.15, -0.1) is 0 Å². The Kier molecular flexibility index (Phi) is 13.6. The molecule has 7 nitrogen and oxygen atoms in total. The molecular formula is C22H43NO6. The second-order valence-corrected chi connectivity index (χ2v) is 8.17. The Balaban J connectivity index is 1.97. The maximum Gasteiger partial charge on any atom is 0.220 e. The van der Waals surface area contributed by atoms with E-state index in [0.717, 1.165) is 25.7 Å². The van der Waals surface area contributed by atoms with Crippen LogP contribution < -0.4 is 5.32 Å². The number of carbonyl (C=O) groups excluding carboxylic acids is 1. The lowest BCUT2D eigenvalue weighted by molar-refractivity contribution is -0.253. The number of amides is 1. The molecule has 5 atom stereocenters. The normalized spacial score (nSPS) is 27.6. The second-order valence-electron chi connectivity index (χ2n) is 8.17. The molecule has 0 aliphatic carbocycles. The fourth-order valence-electron chi connectivity index (χ4n) is 3.74. The van der Waals surface area contributed by atoms with Crippen LogP contribution in [0.1, 0.15) is 98.2 Å². The van der Waals surface area contributed by atoms with Crippen LogP contribution in [0.4, 0.5) is 0 Å². The second kappa shape index (κ2) is 16.0. The lowest BCUT2D eigenvalue weighted by Crippen LogP contribution is -2.64. The molecule has 0 aromatic rings. The van der Waals surface area contributed by atoms with Crippen LogP contribution >= 0.6 is 0 Å². The van der Waals surface area contributed by atoms with E-state index in [2.05, 4.69) is 5.32 Å². The monoisotopic (exact) mass is 418 g/mol. The van der Waals surface area contributed by atoms with Crippen molar-refractivity contribution in [2.24, 2.45) is 0 Å². The molecule has 7 heteroatoms. The summed E-state index contributed by atoms with van der Waals surface area (Å²) in [6.07, 6.45) is 10.2. The van der Waals surface area contributed by atoms with Crippen molar-refractivity contribution in [1.29, 1.82) is 0 Å². The molecule has 1 aliphatic rings. The first-order valence-corrected chi connectivity index (χ1v) is 11.4. The molecule has 0 aromatic heterocycles. The third-order valence-corrected chi connectivity index (χ3v) is 5.63. The van der Waals surface area contributed by atoms with Gasteiger partial charge in [0.25, 0.3) is 0 Å². The van der Waals surface area contributed by atoms with Crippen LogP contribution in [-0.4, -0.2) is 63.6 Å². The van der Waals surface area contributed by atoms with E-state index in [0.29, 0.717) is 13.3 Å². The third-order valence-electron chi connectivity index (χ3n) is 5.63. The van der Waals surface area contributed by atoms with Gasteiger partial charge in [0.05, 0.1) is 6.61 Å². The van der Waals surface area contributed by atoms with E-state index in [9.17, 15) is 20.1 Å². The molecule has 1 saturated heterocycles. The van der Waals surface area contributed by atoms with Gasteiger partial charge in [-0.2, -0.15) is 0 Å². The van der Waals surface area contributed by atoms with Crippen LogP contribution in [0.15, 0.2) is 0 Å². The smallest absolute Gasteiger partial charge is 0.220 e. The van der Waals surface area contributed by atoms with Gasteiger partial charge in [-0.05, 0) is 6.42 Å². The highest BCUT2D eigenvalue weighted by atomic mass is 16.6. The van der Waals surface area contributed by atoms with E-state index in [1.54, 1.807) is 0 Å². The predicted molar refractivity (Wildman–Crippen MR) is 112 cm³/mol. The molecule has 0 radical (unpaired) electrons. The molecule has 0 saturated carbocycles. The molecule has 5 N–H and O–H groups in total. The highest BCUT2D eigenvalue weighted by molar-refractivity contribution is 5.76. The van der Waals surface area contributed by atoms with Crippen LogP contribution in [0.25, 0.3) is 0 Å². The summed E-state index contributed by atoms with van der Waals surface area (Å²) in [4.78, 5) is 12.0. The molecule has 0 spiro atoms. The number of aliphatic hydroxyl groups excluding tert-OH is 4. The van der Waals surface area contributed by atoms with E-state index in [4.69, 9.17) is 11.2 Å². The van der Waals surface area contributed by atoms with Crippen LogP contribution in [0.3, 0.4) is 0 Å². The first-order chi connectivity index (χ1) is 14.5. The number of rotatable bonds is 16. The fourth-order valence-corrected chi connectivity index (χ4v) is 3.74. The van der Waals surface area contributed by atoms with Crippen molar-refractivity contribution in [1.82, 2.24) is 5.32 Å². The van der Waals surface area contributed by atoms with E-state index < -0.39 is 37.3 Å². The summed E-state index contributed by atoms with van der Waals surface area (Å²) in [5.41, 5.74) is 0. The number of unbranched alkanes of at least 4 members (excludes halogenated alkanes) is 12. The van der Waals surface area contributed by atoms with E-state index >= 15 is 0 Å². The predicted octanol–water partition coefficient (Wildman–Crippen LogP) is 2.38. The van der Waals surface area contributed by atoms with Crippen molar-refractivity contribution in [2.45, 2.75) is 127 Å². The zero-order chi connectivity index (χ0) is 22.2. The number of nitrogens with one attached hydrogen (secondary N) is 1. The lowest BCUT2D eigenvalue weighted by Gasteiger charge is -2.40. The minimum absolute atomic E-state index is 0.293. The molecule has 1 aliphatic heterocycles. The molecule has 172 valence electrons. The van der Waals surface area contributed by atoms with Crippen LogP contribution in [0, 0.1) is 0 Å². The van der Waals surface area contributed by atoms with Crippen molar-refractivity contribution in [3.05, 3.63) is 0 Å². The minimum Gasteiger partial charge on any atom is -0.394 e. The summed E-state index contributed by atoms with van der Waals surface area (Å²) >= 11 is 0. The molecule has 1 unspecified atom stereocenters. The molecule has 1 fully saturated rings. The van der Waals surface area contributed by atoms with E-state index in [1.807, 2.05) is 0 Å². The third kappa shape index (κ3) is 10.7. The van der Waals surface area contributed by atoms with E-state index in [-0.39, 0.29) is 5.91 Å². The van der Waals surface area contributed by atoms with Crippen LogP contribution in [0.5, 0.6) is 0 Å². The molecule has 29 heavy (non-hydrogen) atoms. The quantitative estimate of drug-likeness (QED) is 0.246. The van der Waals surface area contributed by atoms with Crippen LogP contribution in [0.2, 0.25) is 0 Å². The first-order valence-electron chi connectivity index (χ1n) is 12.1. The maximum absolute atomic E-state index is 12.0. The Morgan fingerprint density at radius 3 is 1.90 bits per heavy atom. The Morgan fingerprint density at radius 1 is 0.862 bits per heavy atom. The van der Waals surface area contributed by atoms with E-state index in [1.165, 1.54) is 57.8 Å². The summed E-state index contributed by atoms with van der Waals surface area (Å²) in [6.45, 7) is 0.0334. The maximum atomic E-state index is 12.0. The number of carbonyl (C=O) groups is 1. The topological polar surface area (TPSA) is 119 Å². The van der Waals surface area contributed by atoms with Gasteiger partial charge >= 0.3 is 0 Å². The highest BCUT2D eigenvalue weighted by Crippen LogP contribution is 2.20. The summed E-state index contributed by atoms with van der Waals surface area (Å²) in [5, 5.41) is 41.3. The Morgan fingerprint density at radius 2 is 1.38 bits per heavy atom. The summed E-state index contributed by atoms with van der Waals surface area (Å²) in [6, 6.07) is -1.10. The molecular weight excluding hydrogens is 374 g/mol. The van der Waals surface area contributed by atoms with Gasteiger partial charge in [0.1, 0.15) is 24.4 Å². The molecule has 1 rings (SSSR count). The van der Waals surface area contributed by atoms with Gasteiger partial charge in [0.2, 0.25) is 5.91 Å². The van der Waals surface area contributed by atoms with Crippen molar-refractivity contribution in [3.63, 3.8) is 0 Å². The number of hydrogen-bond acceptors (Lipinski definition) is 6. The molecule has 0 bridgehead atoms. The standard InChI is InChI=1S/C22H43NO6/c1-2-3-4-5-6-7-8-9-10-11-12-13-14-15-18(25)23-19-21(27)20(26)17(16-24)29-22(19)28/h17,19-22,24,26-28H,2-16H2,1H3,(H,23,25)/t17-,19-,20-,21-,22?/m1/s1/i1D. The minimum atomic E-state index is -1.47. The fraction of sp³-hybridized carbons (Fsp3) is 0.955. The van der Waals surface area contributed by atoms with Crippen molar-refractivity contribution < 1.29 is 31.3 Å². The molecule has 1 heterocycles. The SMILES string of the molecule is [2H]CCCCCCCCCCCCCCCC(=O)N[C@H]1C(O)O[C@H](CO)[C@@H](O)[C@@H]1O. The van der Waals surface area contributed by atoms with Gasteiger partial charge < -0.3 is 30.5 Å². The van der Waals surface area contributed by atoms with Crippen molar-refractivity contribution in [2.75, 3.05) is 6.61 Å². The van der Waals surface area contributed by atoms with Gasteiger partial charge in [-0.25, -0.2) is 0 Å². The van der Waals surface area contributed by atoms with Crippen LogP contribution in [-0.2, 0) is 9.53 Å². The number of ether oxygens (including phenoxy) is 1. The molecule has 1 amide bonds. The summed E-state index contributed by atoms with van der Waals surface area (Å²) in [7, 11) is 0. The summed E-state index contributed by atoms with van der Waals surface area (Å²) < 4.78 is 12.1. The van der Waals surface area contributed by atoms with Gasteiger partial charge in [0.15, 0.2) is 6.29 Å². The number of aliphatic hydroxyl groups is 4. The number of hydrogen-bond donors (Lipinski definition) is 5. The average molecular weight is 419 g/mol. The van der Waals surface area contributed by atoms with Gasteiger partial charge in [-0.3, -0.25) is 4.79 Å². The first kappa shape index (κ1) is 24.5. The zero-order valence-corrected chi connectivity index (χ0v) is 17.8. The Bertz CT molecular complexity index is 442. The Labute approximate surface area is 177 Å². The van der Waals surface area contributed by atoms with Crippen molar-refractivity contribution in [3.8, 4) is 0 Å². The van der Waals surface area contributed by atoms with Gasteiger partial charge in [-0.1, -0.05) is 83.9 Å². The summed E-state index contributed by atoms with van der Waals surface area (Å²) in [5.74, 6) is -0.293. The lowest BCUT2D eigenvalue weighted by atomic mass is 9.97. The average Bonchev–Trinajstić information content (AvgIpc) is 2.74. The largest absolute Gasteiger partial charge is 0.394 e. The van der Waals surface area contributed by atoms with Gasteiger partial charge in [0, 0.05) is 7.79 Å². The molecule has 0 aromatic carbocycles. The Hall–Kier alpha value is -0.730. The zero-order valence-electron chi connectivity index (χ0n) is 18.8.